The second-order valence-corrected chi connectivity index (χ2v) is 7.27. The summed E-state index contributed by atoms with van der Waals surface area (Å²) in [5.74, 6) is -1.17. The number of ether oxygens (including phenoxy) is 1. The minimum atomic E-state index is -0.529. The Labute approximate surface area is 177 Å². The van der Waals surface area contributed by atoms with Gasteiger partial charge in [0.15, 0.2) is 0 Å². The largest absolute Gasteiger partial charge is 0.468 e. The lowest BCUT2D eigenvalue weighted by Crippen LogP contribution is -2.29. The number of methoxy groups -OCH3 is 1. The molecule has 3 rings (SSSR count). The van der Waals surface area contributed by atoms with Gasteiger partial charge in [-0.2, -0.15) is 0 Å². The lowest BCUT2D eigenvalue weighted by atomic mass is 10.0. The molecular formula is C21H20N4O4S. The van der Waals surface area contributed by atoms with Crippen LogP contribution in [0.25, 0.3) is 10.4 Å². The number of pyridine rings is 1. The predicted molar refractivity (Wildman–Crippen MR) is 114 cm³/mol. The number of hydrogen-bond acceptors (Lipinski definition) is 7. The number of nitrogens with zero attached hydrogens (tertiary/aromatic N) is 1. The van der Waals surface area contributed by atoms with Gasteiger partial charge in [-0.15, -0.1) is 11.3 Å². The molecule has 2 amide bonds. The van der Waals surface area contributed by atoms with E-state index in [1.54, 1.807) is 54.9 Å². The summed E-state index contributed by atoms with van der Waals surface area (Å²) >= 11 is 1.25. The monoisotopic (exact) mass is 424 g/mol. The van der Waals surface area contributed by atoms with Crippen LogP contribution >= 0.6 is 11.3 Å². The van der Waals surface area contributed by atoms with Gasteiger partial charge in [0.25, 0.3) is 11.8 Å². The van der Waals surface area contributed by atoms with Crippen molar-refractivity contribution < 1.29 is 19.1 Å². The Morgan fingerprint density at radius 2 is 1.83 bits per heavy atom. The molecule has 3 aromatic rings. The van der Waals surface area contributed by atoms with Crippen LogP contribution in [0.2, 0.25) is 0 Å². The molecule has 4 N–H and O–H groups in total. The lowest BCUT2D eigenvalue weighted by Gasteiger charge is -2.10. The number of thiophene rings is 1. The molecule has 0 aliphatic heterocycles. The summed E-state index contributed by atoms with van der Waals surface area (Å²) in [6, 6.07) is 12.1. The number of aromatic nitrogens is 1. The Morgan fingerprint density at radius 1 is 1.07 bits per heavy atom. The van der Waals surface area contributed by atoms with E-state index in [-0.39, 0.29) is 24.9 Å². The highest BCUT2D eigenvalue weighted by atomic mass is 32.1. The number of anilines is 1. The van der Waals surface area contributed by atoms with Gasteiger partial charge in [-0.3, -0.25) is 19.4 Å². The molecule has 0 saturated heterocycles. The van der Waals surface area contributed by atoms with Crippen LogP contribution in [-0.4, -0.2) is 36.4 Å². The minimum Gasteiger partial charge on any atom is -0.468 e. The molecule has 2 aromatic heterocycles. The van der Waals surface area contributed by atoms with Crippen molar-refractivity contribution in [2.45, 2.75) is 6.54 Å². The second-order valence-electron chi connectivity index (χ2n) is 6.19. The first-order chi connectivity index (χ1) is 14.5. The maximum absolute atomic E-state index is 12.6. The third-order valence-electron chi connectivity index (χ3n) is 4.25. The van der Waals surface area contributed by atoms with E-state index in [4.69, 9.17) is 5.73 Å². The van der Waals surface area contributed by atoms with E-state index in [1.807, 2.05) is 0 Å². The van der Waals surface area contributed by atoms with Gasteiger partial charge in [-0.25, -0.2) is 0 Å². The molecule has 0 radical (unpaired) electrons. The smallest absolute Gasteiger partial charge is 0.325 e. The van der Waals surface area contributed by atoms with Crippen molar-refractivity contribution in [1.29, 1.82) is 0 Å². The van der Waals surface area contributed by atoms with Gasteiger partial charge in [0.2, 0.25) is 0 Å². The normalized spacial score (nSPS) is 10.3. The fraction of sp³-hybridized carbons (Fsp3) is 0.143. The minimum absolute atomic E-state index is 0.207. The van der Waals surface area contributed by atoms with Gasteiger partial charge in [0, 0.05) is 35.1 Å². The molecule has 0 saturated carbocycles. The highest BCUT2D eigenvalue weighted by molar-refractivity contribution is 7.17. The zero-order chi connectivity index (χ0) is 21.5. The predicted octanol–water partition coefficient (Wildman–Crippen LogP) is 2.42. The van der Waals surface area contributed by atoms with Crippen LogP contribution in [0.5, 0.6) is 0 Å². The van der Waals surface area contributed by atoms with Gasteiger partial charge in [-0.1, -0.05) is 6.07 Å². The third kappa shape index (κ3) is 5.07. The average Bonchev–Trinajstić information content (AvgIpc) is 3.27. The Morgan fingerprint density at radius 3 is 2.53 bits per heavy atom. The number of nitrogens with two attached hydrogens (primary N) is 1. The molecule has 0 atom stereocenters. The zero-order valence-corrected chi connectivity index (χ0v) is 17.0. The topological polar surface area (TPSA) is 123 Å². The van der Waals surface area contributed by atoms with Crippen molar-refractivity contribution in [3.05, 3.63) is 70.9 Å². The molecule has 2 heterocycles. The number of carbonyl (C=O) groups excluding carboxylic acids is 3. The van der Waals surface area contributed by atoms with Crippen LogP contribution < -0.4 is 16.4 Å². The van der Waals surface area contributed by atoms with Crippen LogP contribution in [0.1, 0.15) is 25.6 Å². The van der Waals surface area contributed by atoms with Crippen LogP contribution in [0.15, 0.2) is 54.9 Å². The summed E-state index contributed by atoms with van der Waals surface area (Å²) in [7, 11) is 1.25. The molecule has 0 aliphatic rings. The Kier molecular flexibility index (Phi) is 6.89. The van der Waals surface area contributed by atoms with Gasteiger partial charge >= 0.3 is 5.97 Å². The fourth-order valence-electron chi connectivity index (χ4n) is 2.68. The first-order valence-electron chi connectivity index (χ1n) is 9.01. The Balaban J connectivity index is 1.82. The molecule has 8 nitrogen and oxygen atoms in total. The van der Waals surface area contributed by atoms with Gasteiger partial charge in [0.05, 0.1) is 12.0 Å². The highest BCUT2D eigenvalue weighted by Gasteiger charge is 2.15. The van der Waals surface area contributed by atoms with Crippen molar-refractivity contribution in [3.63, 3.8) is 0 Å². The molecule has 0 unspecified atom stereocenters. The number of esters is 1. The number of benzene rings is 1. The van der Waals surface area contributed by atoms with E-state index in [0.717, 1.165) is 16.0 Å². The maximum atomic E-state index is 12.6. The van der Waals surface area contributed by atoms with E-state index in [1.165, 1.54) is 18.4 Å². The first-order valence-corrected chi connectivity index (χ1v) is 9.83. The van der Waals surface area contributed by atoms with Crippen molar-refractivity contribution >= 4 is 34.8 Å². The fourth-order valence-corrected chi connectivity index (χ4v) is 3.65. The Bertz CT molecular complexity index is 1070. The maximum Gasteiger partial charge on any atom is 0.325 e. The van der Waals surface area contributed by atoms with Crippen LogP contribution in [0, 0.1) is 0 Å². The summed E-state index contributed by atoms with van der Waals surface area (Å²) in [6.45, 7) is 0.0740. The number of nitrogens with one attached hydrogen (secondary N) is 2. The molecule has 0 fully saturated rings. The van der Waals surface area contributed by atoms with E-state index < -0.39 is 5.97 Å². The summed E-state index contributed by atoms with van der Waals surface area (Å²) in [5.41, 5.74) is 8.59. The molecule has 30 heavy (non-hydrogen) atoms. The summed E-state index contributed by atoms with van der Waals surface area (Å²) < 4.78 is 4.51. The van der Waals surface area contributed by atoms with E-state index in [2.05, 4.69) is 20.4 Å². The molecule has 154 valence electrons. The number of hydrogen-bond donors (Lipinski definition) is 3. The molecule has 9 heteroatoms. The standard InChI is InChI=1S/C21H20N4O4S/c1-29-19(26)12-24-21(28)18-5-4-17(30-18)16-10-13(2-3-14(16)11-22)20(27)25-15-6-8-23-9-7-15/h2-10H,11-12,22H2,1H3,(H,24,28)(H,23,25,27). The first kappa shape index (κ1) is 21.2. The van der Waals surface area contributed by atoms with Gasteiger partial charge < -0.3 is 21.1 Å². The number of carbonyl (C=O) groups is 3. The molecule has 0 aliphatic carbocycles. The van der Waals surface area contributed by atoms with Crippen molar-refractivity contribution in [2.24, 2.45) is 5.73 Å². The second kappa shape index (κ2) is 9.77. The van der Waals surface area contributed by atoms with E-state index in [0.29, 0.717) is 16.1 Å². The summed E-state index contributed by atoms with van der Waals surface area (Å²) in [4.78, 5) is 41.2. The lowest BCUT2D eigenvalue weighted by molar-refractivity contribution is -0.139. The zero-order valence-electron chi connectivity index (χ0n) is 16.2. The van der Waals surface area contributed by atoms with E-state index in [9.17, 15) is 14.4 Å². The number of amides is 2. The Hall–Kier alpha value is -3.56. The molecule has 1 aromatic carbocycles. The quantitative estimate of drug-likeness (QED) is 0.501. The summed E-state index contributed by atoms with van der Waals surface area (Å²) in [5, 5.41) is 5.32. The third-order valence-corrected chi connectivity index (χ3v) is 5.36. The SMILES string of the molecule is COC(=O)CNC(=O)c1ccc(-c2cc(C(=O)Nc3ccncc3)ccc2CN)s1. The van der Waals surface area contributed by atoms with Crippen molar-refractivity contribution in [1.82, 2.24) is 10.3 Å². The van der Waals surface area contributed by atoms with Crippen LogP contribution in [0.4, 0.5) is 5.69 Å². The van der Waals surface area contributed by atoms with Gasteiger partial charge in [-0.05, 0) is 47.5 Å². The molecular weight excluding hydrogens is 404 g/mol. The van der Waals surface area contributed by atoms with Crippen LogP contribution in [-0.2, 0) is 16.1 Å². The van der Waals surface area contributed by atoms with E-state index >= 15 is 0 Å². The van der Waals surface area contributed by atoms with Gasteiger partial charge in [0.1, 0.15) is 6.54 Å². The summed E-state index contributed by atoms with van der Waals surface area (Å²) in [6.07, 6.45) is 3.19. The average molecular weight is 424 g/mol. The molecule has 0 spiro atoms. The molecule has 0 bridgehead atoms. The number of rotatable bonds is 7. The van der Waals surface area contributed by atoms with Crippen LogP contribution in [0.3, 0.4) is 0 Å². The van der Waals surface area contributed by atoms with Crippen molar-refractivity contribution in [3.8, 4) is 10.4 Å². The highest BCUT2D eigenvalue weighted by Crippen LogP contribution is 2.32. The van der Waals surface area contributed by atoms with Crippen molar-refractivity contribution in [2.75, 3.05) is 19.0 Å².